The number of hydrogen-bond acceptors (Lipinski definition) is 8. The van der Waals surface area contributed by atoms with Crippen LogP contribution in [-0.2, 0) is 16.0 Å². The lowest BCUT2D eigenvalue weighted by Gasteiger charge is -2.23. The Bertz CT molecular complexity index is 1660. The lowest BCUT2D eigenvalue weighted by molar-refractivity contribution is -0.132. The second-order valence-corrected chi connectivity index (χ2v) is 10.9. The molecule has 0 saturated carbocycles. The van der Waals surface area contributed by atoms with E-state index in [0.717, 1.165) is 22.4 Å². The molecule has 2 atom stereocenters. The van der Waals surface area contributed by atoms with Crippen molar-refractivity contribution < 1.29 is 28.9 Å². The molecule has 0 aliphatic carbocycles. The van der Waals surface area contributed by atoms with E-state index in [4.69, 9.17) is 14.2 Å². The number of Topliss-reactive ketones (excluding diaryl/α,β-unsaturated/α-hetero) is 1. The lowest BCUT2D eigenvalue weighted by Crippen LogP contribution is -2.29. The fourth-order valence-electron chi connectivity index (χ4n) is 5.16. The maximum absolute atomic E-state index is 13.6. The van der Waals surface area contributed by atoms with Gasteiger partial charge in [-0.15, -0.1) is 0 Å². The van der Waals surface area contributed by atoms with Gasteiger partial charge >= 0.3 is 5.91 Å². The molecule has 0 spiro atoms. The fourth-order valence-corrected chi connectivity index (χ4v) is 6.18. The summed E-state index contributed by atoms with van der Waals surface area (Å²) >= 11 is 1.28. The number of carbonyl (C=O) groups excluding carboxylic acids is 2. The van der Waals surface area contributed by atoms with Gasteiger partial charge in [-0.2, -0.15) is 0 Å². The molecule has 1 amide bonds. The zero-order valence-corrected chi connectivity index (χ0v) is 23.2. The Labute approximate surface area is 235 Å². The molecule has 40 heavy (non-hydrogen) atoms. The molecular formula is C31H28N2O6S. The quantitative estimate of drug-likeness (QED) is 0.168. The number of thiazole rings is 1. The minimum atomic E-state index is -0.883. The van der Waals surface area contributed by atoms with Crippen LogP contribution in [0.25, 0.3) is 16.0 Å². The standard InChI is InChI=1S/C31H28N2O6S/c1-4-13-38-21-8-5-18(6-9-21)27-26(28(34)19-7-12-24-20(15-19)14-17(2)39-24)29(35)30(36)33(27)31-32-23-11-10-22(37-3)16-25(23)40-31/h5-12,15-17,27,34H,4,13-14H2,1-3H3/b28-26+/t17-,27+/m0/s1. The molecule has 0 bridgehead atoms. The first kappa shape index (κ1) is 25.9. The van der Waals surface area contributed by atoms with E-state index in [9.17, 15) is 14.7 Å². The van der Waals surface area contributed by atoms with E-state index < -0.39 is 17.7 Å². The maximum atomic E-state index is 13.6. The van der Waals surface area contributed by atoms with E-state index in [0.29, 0.717) is 46.3 Å². The van der Waals surface area contributed by atoms with Crippen LogP contribution < -0.4 is 19.1 Å². The van der Waals surface area contributed by atoms with Crippen molar-refractivity contribution in [1.82, 2.24) is 4.98 Å². The molecule has 2 aliphatic rings. The SMILES string of the molecule is CCCOc1ccc([C@@H]2/C(=C(\O)c3ccc4c(c3)C[C@H](C)O4)C(=O)C(=O)N2c2nc3ccc(OC)cc3s2)cc1. The van der Waals surface area contributed by atoms with Crippen LogP contribution in [0.15, 0.2) is 66.2 Å². The number of aromatic nitrogens is 1. The van der Waals surface area contributed by atoms with Gasteiger partial charge in [0.25, 0.3) is 5.78 Å². The summed E-state index contributed by atoms with van der Waals surface area (Å²) in [4.78, 5) is 33.3. The van der Waals surface area contributed by atoms with Crippen molar-refractivity contribution in [1.29, 1.82) is 0 Å². The average Bonchev–Trinajstić information content (AvgIpc) is 3.63. The molecule has 4 aromatic rings. The number of benzene rings is 3. The van der Waals surface area contributed by atoms with Crippen molar-refractivity contribution in [2.45, 2.75) is 38.8 Å². The number of ketones is 1. The molecule has 1 saturated heterocycles. The third-order valence-corrected chi connectivity index (χ3v) is 8.09. The molecule has 2 aliphatic heterocycles. The van der Waals surface area contributed by atoms with Crippen LogP contribution in [0.5, 0.6) is 17.2 Å². The topological polar surface area (TPSA) is 98.2 Å². The van der Waals surface area contributed by atoms with E-state index in [1.54, 1.807) is 25.3 Å². The summed E-state index contributed by atoms with van der Waals surface area (Å²) in [5, 5.41) is 11.9. The number of aliphatic hydroxyl groups excluding tert-OH is 1. The maximum Gasteiger partial charge on any atom is 0.301 e. The summed E-state index contributed by atoms with van der Waals surface area (Å²) in [5.74, 6) is 0.356. The number of carbonyl (C=O) groups is 2. The van der Waals surface area contributed by atoms with Gasteiger partial charge in [-0.1, -0.05) is 30.4 Å². The van der Waals surface area contributed by atoms with Crippen molar-refractivity contribution >= 4 is 44.1 Å². The number of anilines is 1. The summed E-state index contributed by atoms with van der Waals surface area (Å²) in [7, 11) is 1.58. The zero-order chi connectivity index (χ0) is 28.0. The normalized spacial score (nSPS) is 19.6. The van der Waals surface area contributed by atoms with E-state index in [1.807, 2.05) is 56.3 Å². The Morgan fingerprint density at radius 2 is 1.88 bits per heavy atom. The van der Waals surface area contributed by atoms with Gasteiger partial charge in [-0.3, -0.25) is 14.5 Å². The predicted molar refractivity (Wildman–Crippen MR) is 153 cm³/mol. The Hall–Kier alpha value is -4.37. The molecule has 1 aromatic heterocycles. The highest BCUT2D eigenvalue weighted by Gasteiger charge is 2.48. The van der Waals surface area contributed by atoms with Gasteiger partial charge in [0.1, 0.15) is 29.1 Å². The minimum Gasteiger partial charge on any atom is -0.507 e. The molecule has 1 fully saturated rings. The third kappa shape index (κ3) is 4.46. The largest absolute Gasteiger partial charge is 0.507 e. The Kier molecular flexibility index (Phi) is 6.67. The second kappa shape index (κ2) is 10.3. The number of fused-ring (bicyclic) bond motifs is 2. The van der Waals surface area contributed by atoms with Crippen LogP contribution in [-0.4, -0.2) is 41.6 Å². The molecule has 9 heteroatoms. The van der Waals surface area contributed by atoms with Crippen LogP contribution in [0.4, 0.5) is 5.13 Å². The molecule has 1 N–H and O–H groups in total. The van der Waals surface area contributed by atoms with Gasteiger partial charge in [0.2, 0.25) is 0 Å². The molecule has 0 unspecified atom stereocenters. The highest BCUT2D eigenvalue weighted by Crippen LogP contribution is 2.45. The number of rotatable bonds is 7. The Morgan fingerprint density at radius 3 is 2.62 bits per heavy atom. The highest BCUT2D eigenvalue weighted by atomic mass is 32.1. The van der Waals surface area contributed by atoms with Gasteiger partial charge in [0.05, 0.1) is 35.5 Å². The summed E-state index contributed by atoms with van der Waals surface area (Å²) < 4.78 is 17.7. The molecule has 204 valence electrons. The number of ether oxygens (including phenoxy) is 3. The van der Waals surface area contributed by atoms with Crippen molar-refractivity contribution in [2.24, 2.45) is 0 Å². The number of methoxy groups -OCH3 is 1. The van der Waals surface area contributed by atoms with Crippen LogP contribution in [0.2, 0.25) is 0 Å². The third-order valence-electron chi connectivity index (χ3n) is 7.07. The monoisotopic (exact) mass is 556 g/mol. The van der Waals surface area contributed by atoms with Gasteiger partial charge < -0.3 is 19.3 Å². The Morgan fingerprint density at radius 1 is 1.10 bits per heavy atom. The smallest absolute Gasteiger partial charge is 0.301 e. The van der Waals surface area contributed by atoms with Crippen LogP contribution >= 0.6 is 11.3 Å². The van der Waals surface area contributed by atoms with Crippen molar-refractivity contribution in [2.75, 3.05) is 18.6 Å². The Balaban J connectivity index is 1.49. The van der Waals surface area contributed by atoms with Gasteiger partial charge in [-0.25, -0.2) is 4.98 Å². The predicted octanol–water partition coefficient (Wildman–Crippen LogP) is 6.04. The summed E-state index contributed by atoms with van der Waals surface area (Å²) in [6, 6.07) is 17.1. The van der Waals surface area contributed by atoms with E-state index in [2.05, 4.69) is 4.98 Å². The number of hydrogen-bond donors (Lipinski definition) is 1. The van der Waals surface area contributed by atoms with E-state index in [1.165, 1.54) is 16.2 Å². The van der Waals surface area contributed by atoms with E-state index in [-0.39, 0.29) is 17.4 Å². The van der Waals surface area contributed by atoms with Crippen LogP contribution in [0.3, 0.4) is 0 Å². The van der Waals surface area contributed by atoms with E-state index >= 15 is 0 Å². The number of aliphatic hydroxyl groups is 1. The van der Waals surface area contributed by atoms with Crippen molar-refractivity contribution in [3.8, 4) is 17.2 Å². The molecule has 0 radical (unpaired) electrons. The molecule has 8 nitrogen and oxygen atoms in total. The zero-order valence-electron chi connectivity index (χ0n) is 22.3. The summed E-state index contributed by atoms with van der Waals surface area (Å²) in [6.45, 7) is 4.58. The lowest BCUT2D eigenvalue weighted by atomic mass is 9.94. The average molecular weight is 557 g/mol. The first-order valence-electron chi connectivity index (χ1n) is 13.2. The van der Waals surface area contributed by atoms with Gasteiger partial charge in [0.15, 0.2) is 5.13 Å². The molecule has 6 rings (SSSR count). The highest BCUT2D eigenvalue weighted by molar-refractivity contribution is 7.22. The summed E-state index contributed by atoms with van der Waals surface area (Å²) in [6.07, 6.45) is 1.60. The molecule has 3 aromatic carbocycles. The first-order valence-corrected chi connectivity index (χ1v) is 14.0. The van der Waals surface area contributed by atoms with Crippen LogP contribution in [0.1, 0.15) is 43.0 Å². The minimum absolute atomic E-state index is 0.0102. The first-order chi connectivity index (χ1) is 19.4. The van der Waals surface area contributed by atoms with Crippen molar-refractivity contribution in [3.05, 3.63) is 82.9 Å². The van der Waals surface area contributed by atoms with Gasteiger partial charge in [0, 0.05) is 12.0 Å². The number of amides is 1. The molecule has 3 heterocycles. The number of nitrogens with zero attached hydrogens (tertiary/aromatic N) is 2. The van der Waals surface area contributed by atoms with Crippen molar-refractivity contribution in [3.63, 3.8) is 0 Å². The second-order valence-electron chi connectivity index (χ2n) is 9.87. The van der Waals surface area contributed by atoms with Gasteiger partial charge in [-0.05, 0) is 73.0 Å². The summed E-state index contributed by atoms with van der Waals surface area (Å²) in [5.41, 5.74) is 2.74. The molecular weight excluding hydrogens is 528 g/mol. The fraction of sp³-hybridized carbons (Fsp3) is 0.258. The van der Waals surface area contributed by atoms with Crippen LogP contribution in [0, 0.1) is 0 Å².